The number of aromatic nitrogens is 1. The molecule has 0 unspecified atom stereocenters. The zero-order valence-corrected chi connectivity index (χ0v) is 7.69. The fraction of sp³-hybridized carbons (Fsp3) is 0.286. The number of nitrogens with zero attached hydrogens (tertiary/aromatic N) is 1. The largest absolute Gasteiger partial charge is 0.389 e. The Labute approximate surface area is 78.9 Å². The average molecular weight is 210 g/mol. The maximum atomic E-state index is 12.8. The predicted octanol–water partition coefficient (Wildman–Crippen LogP) is 2.58. The minimum atomic E-state index is -0.850. The summed E-state index contributed by atoms with van der Waals surface area (Å²) in [6.45, 7) is 1.47. The van der Waals surface area contributed by atoms with Gasteiger partial charge >= 0.3 is 0 Å². The van der Waals surface area contributed by atoms with Gasteiger partial charge in [-0.1, -0.05) is 23.2 Å². The lowest BCUT2D eigenvalue weighted by molar-refractivity contribution is 0.198. The SMILES string of the molecule is C[C@H](O)c1cc(F)c(Cl)nc1Cl. The van der Waals surface area contributed by atoms with Crippen molar-refractivity contribution >= 4 is 23.2 Å². The summed E-state index contributed by atoms with van der Waals surface area (Å²) in [6, 6.07) is 1.07. The number of pyridine rings is 1. The Balaban J connectivity index is 3.23. The van der Waals surface area contributed by atoms with E-state index < -0.39 is 11.9 Å². The number of halogens is 3. The van der Waals surface area contributed by atoms with Crippen molar-refractivity contribution in [3.63, 3.8) is 0 Å². The first kappa shape index (κ1) is 9.71. The molecule has 2 nitrogen and oxygen atoms in total. The minimum Gasteiger partial charge on any atom is -0.389 e. The van der Waals surface area contributed by atoms with Crippen LogP contribution in [0.3, 0.4) is 0 Å². The third-order valence-corrected chi connectivity index (χ3v) is 1.93. The number of aliphatic hydroxyl groups excluding tert-OH is 1. The molecule has 1 rings (SSSR count). The van der Waals surface area contributed by atoms with Gasteiger partial charge in [-0.25, -0.2) is 9.37 Å². The van der Waals surface area contributed by atoms with Crippen LogP contribution < -0.4 is 0 Å². The molecule has 0 bridgehead atoms. The van der Waals surface area contributed by atoms with Crippen LogP contribution in [0.1, 0.15) is 18.6 Å². The molecule has 0 aliphatic heterocycles. The van der Waals surface area contributed by atoms with Gasteiger partial charge in [-0.3, -0.25) is 0 Å². The maximum Gasteiger partial charge on any atom is 0.166 e. The van der Waals surface area contributed by atoms with Crippen LogP contribution in [0, 0.1) is 5.82 Å². The number of aliphatic hydroxyl groups is 1. The highest BCUT2D eigenvalue weighted by molar-refractivity contribution is 6.32. The van der Waals surface area contributed by atoms with Crippen molar-refractivity contribution in [2.45, 2.75) is 13.0 Å². The fourth-order valence-electron chi connectivity index (χ4n) is 0.753. The minimum absolute atomic E-state index is 0.0244. The summed E-state index contributed by atoms with van der Waals surface area (Å²) in [4.78, 5) is 3.49. The van der Waals surface area contributed by atoms with E-state index in [1.807, 2.05) is 0 Å². The first-order chi connectivity index (χ1) is 5.52. The lowest BCUT2D eigenvalue weighted by atomic mass is 10.2. The Bertz CT molecular complexity index is 304. The number of hydrogen-bond acceptors (Lipinski definition) is 2. The van der Waals surface area contributed by atoms with Gasteiger partial charge in [-0.15, -0.1) is 0 Å². The zero-order chi connectivity index (χ0) is 9.30. The van der Waals surface area contributed by atoms with Crippen LogP contribution in [0.15, 0.2) is 6.07 Å². The summed E-state index contributed by atoms with van der Waals surface area (Å²) in [6.07, 6.45) is -0.850. The standard InChI is InChI=1S/C7H6Cl2FNO/c1-3(12)4-2-5(10)7(9)11-6(4)8/h2-3,12H,1H3/t3-/m0/s1. The van der Waals surface area contributed by atoms with Gasteiger partial charge in [-0.05, 0) is 13.0 Å². The van der Waals surface area contributed by atoms with Crippen LogP contribution >= 0.6 is 23.2 Å². The Morgan fingerprint density at radius 3 is 2.58 bits per heavy atom. The van der Waals surface area contributed by atoms with E-state index in [1.165, 1.54) is 6.92 Å². The molecule has 1 heterocycles. The van der Waals surface area contributed by atoms with Crippen LogP contribution in [0.4, 0.5) is 4.39 Å². The van der Waals surface area contributed by atoms with Crippen molar-refractivity contribution in [2.24, 2.45) is 0 Å². The van der Waals surface area contributed by atoms with Crippen molar-refractivity contribution in [3.8, 4) is 0 Å². The zero-order valence-electron chi connectivity index (χ0n) is 6.18. The molecule has 0 spiro atoms. The van der Waals surface area contributed by atoms with E-state index in [0.29, 0.717) is 0 Å². The summed E-state index contributed by atoms with van der Waals surface area (Å²) in [5.41, 5.74) is 0.235. The van der Waals surface area contributed by atoms with Crippen molar-refractivity contribution in [1.29, 1.82) is 0 Å². The van der Waals surface area contributed by atoms with E-state index in [0.717, 1.165) is 6.07 Å². The molecule has 1 N–H and O–H groups in total. The first-order valence-corrected chi connectivity index (χ1v) is 3.97. The van der Waals surface area contributed by atoms with E-state index in [-0.39, 0.29) is 15.9 Å². The van der Waals surface area contributed by atoms with E-state index >= 15 is 0 Å². The summed E-state index contributed by atoms with van der Waals surface area (Å²) in [5.74, 6) is -0.683. The molecule has 0 saturated carbocycles. The summed E-state index contributed by atoms with van der Waals surface area (Å²) < 4.78 is 12.8. The molecule has 0 fully saturated rings. The molecule has 0 radical (unpaired) electrons. The Kier molecular flexibility index (Phi) is 2.88. The van der Waals surface area contributed by atoms with Gasteiger partial charge in [0.1, 0.15) is 5.15 Å². The van der Waals surface area contributed by atoms with Gasteiger partial charge in [0.2, 0.25) is 0 Å². The second-order valence-corrected chi connectivity index (χ2v) is 3.03. The van der Waals surface area contributed by atoms with Gasteiger partial charge < -0.3 is 5.11 Å². The molecular weight excluding hydrogens is 204 g/mol. The molecular formula is C7H6Cl2FNO. The smallest absolute Gasteiger partial charge is 0.166 e. The molecule has 0 aliphatic rings. The average Bonchev–Trinajstić information content (AvgIpc) is 1.96. The van der Waals surface area contributed by atoms with Crippen LogP contribution in [-0.2, 0) is 0 Å². The normalized spacial score (nSPS) is 13.1. The molecule has 12 heavy (non-hydrogen) atoms. The fourth-order valence-corrected chi connectivity index (χ4v) is 1.23. The van der Waals surface area contributed by atoms with Crippen LogP contribution in [0.5, 0.6) is 0 Å². The van der Waals surface area contributed by atoms with Crippen LogP contribution in [0.25, 0.3) is 0 Å². The number of hydrogen-bond donors (Lipinski definition) is 1. The summed E-state index contributed by atoms with van der Waals surface area (Å²) in [7, 11) is 0. The lowest BCUT2D eigenvalue weighted by Gasteiger charge is -2.06. The molecule has 0 aliphatic carbocycles. The van der Waals surface area contributed by atoms with Gasteiger partial charge in [0.25, 0.3) is 0 Å². The molecule has 0 aromatic carbocycles. The van der Waals surface area contributed by atoms with Crippen molar-refractivity contribution < 1.29 is 9.50 Å². The highest BCUT2D eigenvalue weighted by Gasteiger charge is 2.12. The molecule has 1 aromatic heterocycles. The molecule has 5 heteroatoms. The Hall–Kier alpha value is -0.380. The third-order valence-electron chi connectivity index (χ3n) is 1.36. The van der Waals surface area contributed by atoms with Crippen LogP contribution in [0.2, 0.25) is 10.3 Å². The highest BCUT2D eigenvalue weighted by atomic mass is 35.5. The second-order valence-electron chi connectivity index (χ2n) is 2.32. The molecule has 0 saturated heterocycles. The van der Waals surface area contributed by atoms with E-state index in [4.69, 9.17) is 28.3 Å². The Morgan fingerprint density at radius 1 is 1.50 bits per heavy atom. The predicted molar refractivity (Wildman–Crippen MR) is 44.8 cm³/mol. The highest BCUT2D eigenvalue weighted by Crippen LogP contribution is 2.24. The topological polar surface area (TPSA) is 33.1 Å². The monoisotopic (exact) mass is 209 g/mol. The van der Waals surface area contributed by atoms with E-state index in [2.05, 4.69) is 4.98 Å². The molecule has 1 atom stereocenters. The first-order valence-electron chi connectivity index (χ1n) is 3.22. The third kappa shape index (κ3) is 1.86. The molecule has 66 valence electrons. The van der Waals surface area contributed by atoms with Crippen molar-refractivity contribution in [2.75, 3.05) is 0 Å². The van der Waals surface area contributed by atoms with Gasteiger partial charge in [0.05, 0.1) is 6.10 Å². The maximum absolute atomic E-state index is 12.8. The summed E-state index contributed by atoms with van der Waals surface area (Å²) in [5, 5.41) is 8.82. The van der Waals surface area contributed by atoms with Crippen molar-refractivity contribution in [1.82, 2.24) is 4.98 Å². The van der Waals surface area contributed by atoms with E-state index in [9.17, 15) is 4.39 Å². The van der Waals surface area contributed by atoms with Gasteiger partial charge in [0, 0.05) is 5.56 Å². The lowest BCUT2D eigenvalue weighted by Crippen LogP contribution is -1.96. The van der Waals surface area contributed by atoms with Crippen molar-refractivity contribution in [3.05, 3.63) is 27.8 Å². The van der Waals surface area contributed by atoms with Gasteiger partial charge in [-0.2, -0.15) is 0 Å². The van der Waals surface area contributed by atoms with Gasteiger partial charge in [0.15, 0.2) is 11.0 Å². The molecule has 1 aromatic rings. The van der Waals surface area contributed by atoms with E-state index in [1.54, 1.807) is 0 Å². The number of rotatable bonds is 1. The Morgan fingerprint density at radius 2 is 2.08 bits per heavy atom. The van der Waals surface area contributed by atoms with Crippen LogP contribution in [-0.4, -0.2) is 10.1 Å². The molecule has 0 amide bonds. The summed E-state index contributed by atoms with van der Waals surface area (Å²) >= 11 is 10.9. The quantitative estimate of drug-likeness (QED) is 0.722. The second kappa shape index (κ2) is 3.56.